The third kappa shape index (κ3) is 5.29. The molecular formula is C14H25N3. The highest BCUT2D eigenvalue weighted by atomic mass is 15.1. The van der Waals surface area contributed by atoms with E-state index in [0.717, 1.165) is 31.6 Å². The molecule has 0 aliphatic rings. The first-order chi connectivity index (χ1) is 8.13. The molecule has 1 unspecified atom stereocenters. The number of pyridine rings is 1. The van der Waals surface area contributed by atoms with Crippen LogP contribution in [-0.2, 0) is 6.42 Å². The fourth-order valence-electron chi connectivity index (χ4n) is 2.02. The first-order valence-electron chi connectivity index (χ1n) is 6.43. The second kappa shape index (κ2) is 7.41. The topological polar surface area (TPSA) is 42.1 Å². The summed E-state index contributed by atoms with van der Waals surface area (Å²) in [6, 6.07) is 6.55. The lowest BCUT2D eigenvalue weighted by Crippen LogP contribution is -2.40. The van der Waals surface area contributed by atoms with E-state index < -0.39 is 0 Å². The molecule has 96 valence electrons. The summed E-state index contributed by atoms with van der Waals surface area (Å²) < 4.78 is 0. The van der Waals surface area contributed by atoms with Crippen molar-refractivity contribution in [2.75, 3.05) is 20.1 Å². The Morgan fingerprint density at radius 1 is 1.35 bits per heavy atom. The average Bonchev–Trinajstić information content (AvgIpc) is 2.34. The summed E-state index contributed by atoms with van der Waals surface area (Å²) in [5.41, 5.74) is 6.99. The summed E-state index contributed by atoms with van der Waals surface area (Å²) in [4.78, 5) is 6.69. The molecule has 17 heavy (non-hydrogen) atoms. The standard InChI is InChI=1S/C14H25N3/c1-12(2)10-14(11-15)17(3)9-7-13-6-4-5-8-16-13/h4-6,8,12,14H,7,9-11,15H2,1-3H3. The lowest BCUT2D eigenvalue weighted by atomic mass is 10.0. The Morgan fingerprint density at radius 3 is 2.65 bits per heavy atom. The molecule has 3 nitrogen and oxygen atoms in total. The molecule has 1 rings (SSSR count). The molecule has 0 fully saturated rings. The molecule has 0 spiro atoms. The van der Waals surface area contributed by atoms with Gasteiger partial charge in [-0.15, -0.1) is 0 Å². The fraction of sp³-hybridized carbons (Fsp3) is 0.643. The molecule has 1 aromatic heterocycles. The number of nitrogens with two attached hydrogens (primary N) is 1. The summed E-state index contributed by atoms with van der Waals surface area (Å²) in [6.45, 7) is 6.24. The number of rotatable bonds is 7. The lowest BCUT2D eigenvalue weighted by Gasteiger charge is -2.28. The van der Waals surface area contributed by atoms with Gasteiger partial charge in [-0.3, -0.25) is 4.98 Å². The largest absolute Gasteiger partial charge is 0.329 e. The van der Waals surface area contributed by atoms with Crippen molar-refractivity contribution in [3.05, 3.63) is 30.1 Å². The highest BCUT2D eigenvalue weighted by Gasteiger charge is 2.14. The Morgan fingerprint density at radius 2 is 2.12 bits per heavy atom. The summed E-state index contributed by atoms with van der Waals surface area (Å²) in [5.74, 6) is 0.695. The molecule has 1 atom stereocenters. The van der Waals surface area contributed by atoms with Crippen LogP contribution in [0.25, 0.3) is 0 Å². The Balaban J connectivity index is 2.39. The third-order valence-corrected chi connectivity index (χ3v) is 3.09. The molecule has 0 aliphatic carbocycles. The number of aromatic nitrogens is 1. The van der Waals surface area contributed by atoms with Gasteiger partial charge in [0.05, 0.1) is 0 Å². The van der Waals surface area contributed by atoms with Gasteiger partial charge in [-0.05, 0) is 31.5 Å². The maximum Gasteiger partial charge on any atom is 0.0416 e. The zero-order valence-electron chi connectivity index (χ0n) is 11.3. The molecule has 0 saturated carbocycles. The van der Waals surface area contributed by atoms with Crippen molar-refractivity contribution in [3.8, 4) is 0 Å². The van der Waals surface area contributed by atoms with Gasteiger partial charge in [0, 0.05) is 37.4 Å². The molecule has 1 aromatic rings. The van der Waals surface area contributed by atoms with Crippen LogP contribution in [0.2, 0.25) is 0 Å². The van der Waals surface area contributed by atoms with E-state index in [2.05, 4.69) is 36.8 Å². The predicted octanol–water partition coefficient (Wildman–Crippen LogP) is 1.93. The van der Waals surface area contributed by atoms with Gasteiger partial charge in [-0.1, -0.05) is 19.9 Å². The van der Waals surface area contributed by atoms with Crippen LogP contribution in [0.4, 0.5) is 0 Å². The second-order valence-corrected chi connectivity index (χ2v) is 5.07. The van der Waals surface area contributed by atoms with Gasteiger partial charge >= 0.3 is 0 Å². The van der Waals surface area contributed by atoms with Crippen LogP contribution in [0.1, 0.15) is 26.0 Å². The molecule has 1 heterocycles. The van der Waals surface area contributed by atoms with Gasteiger partial charge in [0.2, 0.25) is 0 Å². The van der Waals surface area contributed by atoms with Crippen molar-refractivity contribution in [3.63, 3.8) is 0 Å². The van der Waals surface area contributed by atoms with E-state index in [1.807, 2.05) is 18.3 Å². The summed E-state index contributed by atoms with van der Waals surface area (Å²) in [5, 5.41) is 0. The van der Waals surface area contributed by atoms with E-state index in [1.54, 1.807) is 0 Å². The van der Waals surface area contributed by atoms with E-state index in [9.17, 15) is 0 Å². The van der Waals surface area contributed by atoms with Gasteiger partial charge in [-0.2, -0.15) is 0 Å². The molecule has 0 amide bonds. The van der Waals surface area contributed by atoms with Gasteiger partial charge in [0.1, 0.15) is 0 Å². The van der Waals surface area contributed by atoms with E-state index in [4.69, 9.17) is 5.73 Å². The zero-order valence-corrected chi connectivity index (χ0v) is 11.3. The molecule has 0 saturated heterocycles. The molecule has 0 aromatic carbocycles. The molecular weight excluding hydrogens is 210 g/mol. The quantitative estimate of drug-likeness (QED) is 0.785. The Bertz CT molecular complexity index is 298. The van der Waals surface area contributed by atoms with E-state index in [-0.39, 0.29) is 0 Å². The summed E-state index contributed by atoms with van der Waals surface area (Å²) in [6.07, 6.45) is 4.00. The smallest absolute Gasteiger partial charge is 0.0416 e. The van der Waals surface area contributed by atoms with E-state index in [0.29, 0.717) is 12.0 Å². The second-order valence-electron chi connectivity index (χ2n) is 5.07. The van der Waals surface area contributed by atoms with Crippen LogP contribution in [0, 0.1) is 5.92 Å². The zero-order chi connectivity index (χ0) is 12.7. The predicted molar refractivity (Wildman–Crippen MR) is 72.9 cm³/mol. The Hall–Kier alpha value is -0.930. The van der Waals surface area contributed by atoms with Crippen LogP contribution in [0.15, 0.2) is 24.4 Å². The molecule has 2 N–H and O–H groups in total. The highest BCUT2D eigenvalue weighted by Crippen LogP contribution is 2.09. The third-order valence-electron chi connectivity index (χ3n) is 3.09. The minimum absolute atomic E-state index is 0.485. The van der Waals surface area contributed by atoms with Crippen molar-refractivity contribution < 1.29 is 0 Å². The van der Waals surface area contributed by atoms with Crippen LogP contribution in [-0.4, -0.2) is 36.1 Å². The normalized spacial score (nSPS) is 13.3. The van der Waals surface area contributed by atoms with Crippen LogP contribution in [0.3, 0.4) is 0 Å². The van der Waals surface area contributed by atoms with Gasteiger partial charge in [0.25, 0.3) is 0 Å². The number of hydrogen-bond acceptors (Lipinski definition) is 3. The fourth-order valence-corrected chi connectivity index (χ4v) is 2.02. The molecule has 3 heteroatoms. The minimum atomic E-state index is 0.485. The minimum Gasteiger partial charge on any atom is -0.329 e. The van der Waals surface area contributed by atoms with Crippen LogP contribution >= 0.6 is 0 Å². The number of hydrogen-bond donors (Lipinski definition) is 1. The maximum atomic E-state index is 5.83. The summed E-state index contributed by atoms with van der Waals surface area (Å²) >= 11 is 0. The van der Waals surface area contributed by atoms with Gasteiger partial charge in [0.15, 0.2) is 0 Å². The number of nitrogens with zero attached hydrogens (tertiary/aromatic N) is 2. The van der Waals surface area contributed by atoms with Gasteiger partial charge < -0.3 is 10.6 Å². The van der Waals surface area contributed by atoms with Crippen molar-refractivity contribution in [2.24, 2.45) is 11.7 Å². The monoisotopic (exact) mass is 235 g/mol. The van der Waals surface area contributed by atoms with Crippen molar-refractivity contribution >= 4 is 0 Å². The van der Waals surface area contributed by atoms with Crippen molar-refractivity contribution in [1.82, 2.24) is 9.88 Å². The van der Waals surface area contributed by atoms with Crippen molar-refractivity contribution in [1.29, 1.82) is 0 Å². The molecule has 0 bridgehead atoms. The Kier molecular flexibility index (Phi) is 6.16. The van der Waals surface area contributed by atoms with Crippen molar-refractivity contribution in [2.45, 2.75) is 32.7 Å². The van der Waals surface area contributed by atoms with Crippen LogP contribution in [0.5, 0.6) is 0 Å². The average molecular weight is 235 g/mol. The highest BCUT2D eigenvalue weighted by molar-refractivity contribution is 5.03. The first-order valence-corrected chi connectivity index (χ1v) is 6.43. The molecule has 0 radical (unpaired) electrons. The summed E-state index contributed by atoms with van der Waals surface area (Å²) in [7, 11) is 2.16. The maximum absolute atomic E-state index is 5.83. The lowest BCUT2D eigenvalue weighted by molar-refractivity contribution is 0.219. The van der Waals surface area contributed by atoms with E-state index in [1.165, 1.54) is 0 Å². The SMILES string of the molecule is CC(C)CC(CN)N(C)CCc1ccccn1. The number of likely N-dealkylation sites (N-methyl/N-ethyl adjacent to an activating group) is 1. The Labute approximate surface area is 105 Å². The first kappa shape index (κ1) is 14.1. The van der Waals surface area contributed by atoms with Gasteiger partial charge in [-0.25, -0.2) is 0 Å². The van der Waals surface area contributed by atoms with Crippen LogP contribution < -0.4 is 5.73 Å². The van der Waals surface area contributed by atoms with E-state index >= 15 is 0 Å². The molecule has 0 aliphatic heterocycles.